The number of para-hydroxylation sites is 1. The molecule has 0 saturated heterocycles. The number of fused-ring (bicyclic) bond motifs is 1. The van der Waals surface area contributed by atoms with Gasteiger partial charge in [0.25, 0.3) is 5.91 Å². The lowest BCUT2D eigenvalue weighted by Crippen LogP contribution is -2.27. The van der Waals surface area contributed by atoms with E-state index in [4.69, 9.17) is 0 Å². The van der Waals surface area contributed by atoms with Gasteiger partial charge in [0, 0.05) is 24.5 Å². The fourth-order valence-electron chi connectivity index (χ4n) is 3.69. The second-order valence-corrected chi connectivity index (χ2v) is 7.05. The number of benzene rings is 2. The molecule has 4 rings (SSSR count). The van der Waals surface area contributed by atoms with Crippen molar-refractivity contribution in [2.75, 3.05) is 11.4 Å². The van der Waals surface area contributed by atoms with E-state index >= 15 is 0 Å². The van der Waals surface area contributed by atoms with Gasteiger partial charge in [0.05, 0.1) is 5.56 Å². The van der Waals surface area contributed by atoms with E-state index in [1.54, 1.807) is 30.5 Å². The minimum Gasteiger partial charge on any atom is -0.352 e. The number of amides is 1. The summed E-state index contributed by atoms with van der Waals surface area (Å²) in [7, 11) is 0. The summed E-state index contributed by atoms with van der Waals surface area (Å²) in [5, 5.41) is 2.83. The van der Waals surface area contributed by atoms with Crippen molar-refractivity contribution in [2.24, 2.45) is 0 Å². The summed E-state index contributed by atoms with van der Waals surface area (Å²) >= 11 is 0. The molecule has 1 amide bonds. The summed E-state index contributed by atoms with van der Waals surface area (Å²) in [5.41, 5.74) is 3.58. The molecule has 1 unspecified atom stereocenters. The Kier molecular flexibility index (Phi) is 5.06. The van der Waals surface area contributed by atoms with Gasteiger partial charge in [0.2, 0.25) is 0 Å². The van der Waals surface area contributed by atoms with Crippen LogP contribution in [0.1, 0.15) is 28.4 Å². The first-order valence-electron chi connectivity index (χ1n) is 9.48. The Hall–Kier alpha value is -3.21. The molecule has 0 radical (unpaired) electrons. The van der Waals surface area contributed by atoms with Gasteiger partial charge in [-0.2, -0.15) is 0 Å². The standard InChI is InChI=1S/C23H22FN3O/c1-16-14-18-7-3-5-9-21(18)27(16)22-11-10-19(15-26-22)23(28)25-13-12-17-6-2-4-8-20(17)24/h2-11,15-16H,12-14H2,1H3,(H,25,28). The van der Waals surface area contributed by atoms with E-state index < -0.39 is 0 Å². The largest absolute Gasteiger partial charge is 0.352 e. The van der Waals surface area contributed by atoms with Crippen molar-refractivity contribution in [2.45, 2.75) is 25.8 Å². The number of nitrogens with zero attached hydrogens (tertiary/aromatic N) is 2. The zero-order valence-corrected chi connectivity index (χ0v) is 15.7. The van der Waals surface area contributed by atoms with Gasteiger partial charge in [0.15, 0.2) is 0 Å². The quantitative estimate of drug-likeness (QED) is 0.724. The van der Waals surface area contributed by atoms with Gasteiger partial charge >= 0.3 is 0 Å². The van der Waals surface area contributed by atoms with Crippen LogP contribution in [0.2, 0.25) is 0 Å². The van der Waals surface area contributed by atoms with Crippen molar-refractivity contribution in [1.82, 2.24) is 10.3 Å². The predicted molar refractivity (Wildman–Crippen MR) is 108 cm³/mol. The molecule has 0 saturated carbocycles. The average molecular weight is 375 g/mol. The minimum atomic E-state index is -0.247. The highest BCUT2D eigenvalue weighted by molar-refractivity contribution is 5.94. The van der Waals surface area contributed by atoms with E-state index in [0.717, 1.165) is 12.2 Å². The highest BCUT2D eigenvalue weighted by atomic mass is 19.1. The van der Waals surface area contributed by atoms with Crippen molar-refractivity contribution in [3.05, 3.63) is 89.4 Å². The van der Waals surface area contributed by atoms with Gasteiger partial charge in [-0.05, 0) is 55.2 Å². The summed E-state index contributed by atoms with van der Waals surface area (Å²) in [6.07, 6.45) is 3.03. The van der Waals surface area contributed by atoms with E-state index in [2.05, 4.69) is 40.3 Å². The number of anilines is 2. The smallest absolute Gasteiger partial charge is 0.252 e. The zero-order valence-electron chi connectivity index (χ0n) is 15.7. The molecule has 2 heterocycles. The first-order chi connectivity index (χ1) is 13.6. The number of halogens is 1. The normalized spacial score (nSPS) is 15.4. The van der Waals surface area contributed by atoms with Crippen molar-refractivity contribution >= 4 is 17.4 Å². The van der Waals surface area contributed by atoms with Gasteiger partial charge in [0.1, 0.15) is 11.6 Å². The van der Waals surface area contributed by atoms with Crippen LogP contribution in [0.15, 0.2) is 66.9 Å². The van der Waals surface area contributed by atoms with Crippen molar-refractivity contribution < 1.29 is 9.18 Å². The summed E-state index contributed by atoms with van der Waals surface area (Å²) in [4.78, 5) is 19.1. The molecule has 5 heteroatoms. The fraction of sp³-hybridized carbons (Fsp3) is 0.217. The maximum Gasteiger partial charge on any atom is 0.252 e. The number of aromatic nitrogens is 1. The Bertz CT molecular complexity index is 987. The van der Waals surface area contributed by atoms with Crippen LogP contribution in [0.3, 0.4) is 0 Å². The highest BCUT2D eigenvalue weighted by Gasteiger charge is 2.27. The Morgan fingerprint density at radius 3 is 2.71 bits per heavy atom. The summed E-state index contributed by atoms with van der Waals surface area (Å²) in [6, 6.07) is 18.9. The molecule has 1 atom stereocenters. The number of carbonyl (C=O) groups excluding carboxylic acids is 1. The minimum absolute atomic E-state index is 0.203. The van der Waals surface area contributed by atoms with Gasteiger partial charge in [-0.25, -0.2) is 9.37 Å². The van der Waals surface area contributed by atoms with Gasteiger partial charge in [-0.1, -0.05) is 36.4 Å². The second-order valence-electron chi connectivity index (χ2n) is 7.05. The topological polar surface area (TPSA) is 45.2 Å². The van der Waals surface area contributed by atoms with Crippen LogP contribution in [0.25, 0.3) is 0 Å². The van der Waals surface area contributed by atoms with Crippen LogP contribution in [-0.2, 0) is 12.8 Å². The molecule has 3 aromatic rings. The number of nitrogens with one attached hydrogen (secondary N) is 1. The van der Waals surface area contributed by atoms with Crippen LogP contribution < -0.4 is 10.2 Å². The van der Waals surface area contributed by atoms with Crippen LogP contribution in [0.4, 0.5) is 15.9 Å². The maximum atomic E-state index is 13.6. The molecule has 1 aromatic heterocycles. The number of hydrogen-bond donors (Lipinski definition) is 1. The van der Waals surface area contributed by atoms with E-state index in [1.807, 2.05) is 12.1 Å². The molecule has 2 aromatic carbocycles. The number of hydrogen-bond acceptors (Lipinski definition) is 3. The number of rotatable bonds is 5. The highest BCUT2D eigenvalue weighted by Crippen LogP contribution is 2.36. The molecular weight excluding hydrogens is 353 g/mol. The third kappa shape index (κ3) is 3.60. The van der Waals surface area contributed by atoms with Crippen LogP contribution in [-0.4, -0.2) is 23.5 Å². The van der Waals surface area contributed by atoms with E-state index in [1.165, 1.54) is 17.3 Å². The van der Waals surface area contributed by atoms with Crippen molar-refractivity contribution in [3.8, 4) is 0 Å². The molecule has 142 valence electrons. The van der Waals surface area contributed by atoms with Crippen molar-refractivity contribution in [1.29, 1.82) is 0 Å². The number of pyridine rings is 1. The Balaban J connectivity index is 1.41. The third-order valence-electron chi connectivity index (χ3n) is 5.10. The Labute approximate surface area is 164 Å². The second kappa shape index (κ2) is 7.80. The van der Waals surface area contributed by atoms with E-state index in [9.17, 15) is 9.18 Å². The average Bonchev–Trinajstić information content (AvgIpc) is 3.05. The van der Waals surface area contributed by atoms with Gasteiger partial charge < -0.3 is 10.2 Å². The van der Waals surface area contributed by atoms with Crippen LogP contribution >= 0.6 is 0 Å². The van der Waals surface area contributed by atoms with Gasteiger partial charge in [-0.15, -0.1) is 0 Å². The number of carbonyl (C=O) groups is 1. The van der Waals surface area contributed by atoms with E-state index in [-0.39, 0.29) is 11.7 Å². The molecule has 28 heavy (non-hydrogen) atoms. The summed E-state index contributed by atoms with van der Waals surface area (Å²) in [5.74, 6) is 0.383. The zero-order chi connectivity index (χ0) is 19.5. The Morgan fingerprint density at radius 1 is 1.14 bits per heavy atom. The maximum absolute atomic E-state index is 13.6. The third-order valence-corrected chi connectivity index (χ3v) is 5.10. The first-order valence-corrected chi connectivity index (χ1v) is 9.48. The molecule has 1 N–H and O–H groups in total. The summed E-state index contributed by atoms with van der Waals surface area (Å²) < 4.78 is 13.6. The fourth-order valence-corrected chi connectivity index (χ4v) is 3.69. The predicted octanol–water partition coefficient (Wildman–Crippen LogP) is 4.28. The lowest BCUT2D eigenvalue weighted by Gasteiger charge is -2.23. The summed E-state index contributed by atoms with van der Waals surface area (Å²) in [6.45, 7) is 2.54. The first kappa shape index (κ1) is 18.2. The monoisotopic (exact) mass is 375 g/mol. The Morgan fingerprint density at radius 2 is 1.93 bits per heavy atom. The molecule has 0 aliphatic carbocycles. The molecule has 1 aliphatic rings. The van der Waals surface area contributed by atoms with Crippen LogP contribution in [0.5, 0.6) is 0 Å². The SMILES string of the molecule is CC1Cc2ccccc2N1c1ccc(C(=O)NCCc2ccccc2F)cn1. The molecule has 1 aliphatic heterocycles. The molecular formula is C23H22FN3O. The van der Waals surface area contributed by atoms with Crippen LogP contribution in [0, 0.1) is 5.82 Å². The van der Waals surface area contributed by atoms with Gasteiger partial charge in [-0.3, -0.25) is 4.79 Å². The lowest BCUT2D eigenvalue weighted by molar-refractivity contribution is 0.0953. The molecule has 0 bridgehead atoms. The molecule has 4 nitrogen and oxygen atoms in total. The lowest BCUT2D eigenvalue weighted by atomic mass is 10.1. The molecule has 0 spiro atoms. The van der Waals surface area contributed by atoms with E-state index in [0.29, 0.717) is 30.1 Å². The van der Waals surface area contributed by atoms with Crippen molar-refractivity contribution in [3.63, 3.8) is 0 Å². The molecule has 0 fully saturated rings.